The van der Waals surface area contributed by atoms with Crippen molar-refractivity contribution in [3.63, 3.8) is 0 Å². The Morgan fingerprint density at radius 1 is 1.10 bits per heavy atom. The third-order valence-corrected chi connectivity index (χ3v) is 5.18. The number of carbonyl (C=O) groups is 1. The highest BCUT2D eigenvalue weighted by Crippen LogP contribution is 2.29. The SMILES string of the molecule is CCC(=O)N(Cc1ccc(C(F)(F)F)cc1)C[C@H]1CC(c2ccc(N(C)C)cc2)=NO1. The molecule has 8 heteroatoms. The Labute approximate surface area is 180 Å². The molecule has 1 aliphatic rings. The van der Waals surface area contributed by atoms with Gasteiger partial charge < -0.3 is 14.6 Å². The lowest BCUT2D eigenvalue weighted by Crippen LogP contribution is -2.36. The molecule has 0 bridgehead atoms. The summed E-state index contributed by atoms with van der Waals surface area (Å²) in [5, 5.41) is 4.19. The van der Waals surface area contributed by atoms with E-state index < -0.39 is 11.7 Å². The van der Waals surface area contributed by atoms with E-state index in [0.717, 1.165) is 29.1 Å². The average Bonchev–Trinajstić information content (AvgIpc) is 3.21. The van der Waals surface area contributed by atoms with Crippen LogP contribution in [-0.2, 0) is 22.4 Å². The average molecular weight is 433 g/mol. The number of alkyl halides is 3. The fraction of sp³-hybridized carbons (Fsp3) is 0.391. The molecule has 1 atom stereocenters. The van der Waals surface area contributed by atoms with Crippen LogP contribution >= 0.6 is 0 Å². The molecule has 0 unspecified atom stereocenters. The highest BCUT2D eigenvalue weighted by Gasteiger charge is 2.30. The van der Waals surface area contributed by atoms with Crippen LogP contribution in [0.3, 0.4) is 0 Å². The van der Waals surface area contributed by atoms with Crippen molar-refractivity contribution >= 4 is 17.3 Å². The van der Waals surface area contributed by atoms with Crippen LogP contribution in [0.2, 0.25) is 0 Å². The van der Waals surface area contributed by atoms with Crippen LogP contribution in [0, 0.1) is 0 Å². The van der Waals surface area contributed by atoms with Gasteiger partial charge in [-0.2, -0.15) is 13.2 Å². The summed E-state index contributed by atoms with van der Waals surface area (Å²) >= 11 is 0. The van der Waals surface area contributed by atoms with Crippen LogP contribution in [0.15, 0.2) is 53.7 Å². The van der Waals surface area contributed by atoms with Crippen LogP contribution in [0.1, 0.15) is 36.5 Å². The maximum Gasteiger partial charge on any atom is 0.416 e. The summed E-state index contributed by atoms with van der Waals surface area (Å²) in [6, 6.07) is 12.9. The Kier molecular flexibility index (Phi) is 6.87. The Hall–Kier alpha value is -3.03. The van der Waals surface area contributed by atoms with Crippen LogP contribution in [0.5, 0.6) is 0 Å². The summed E-state index contributed by atoms with van der Waals surface area (Å²) in [6.45, 7) is 2.29. The largest absolute Gasteiger partial charge is 0.416 e. The van der Waals surface area contributed by atoms with Crippen molar-refractivity contribution in [1.29, 1.82) is 0 Å². The van der Waals surface area contributed by atoms with E-state index in [0.29, 0.717) is 24.9 Å². The number of rotatable bonds is 7. The Morgan fingerprint density at radius 3 is 2.29 bits per heavy atom. The molecular weight excluding hydrogens is 407 g/mol. The molecule has 1 amide bonds. The second-order valence-corrected chi connectivity index (χ2v) is 7.73. The van der Waals surface area contributed by atoms with E-state index in [1.165, 1.54) is 12.1 Å². The first-order chi connectivity index (χ1) is 14.7. The summed E-state index contributed by atoms with van der Waals surface area (Å²) < 4.78 is 38.3. The van der Waals surface area contributed by atoms with Gasteiger partial charge in [-0.25, -0.2) is 0 Å². The van der Waals surface area contributed by atoms with Gasteiger partial charge in [0, 0.05) is 39.2 Å². The summed E-state index contributed by atoms with van der Waals surface area (Å²) in [7, 11) is 3.94. The van der Waals surface area contributed by atoms with Gasteiger partial charge in [0.25, 0.3) is 0 Å². The van der Waals surface area contributed by atoms with Crippen LogP contribution in [0.25, 0.3) is 0 Å². The van der Waals surface area contributed by atoms with E-state index in [1.807, 2.05) is 43.3 Å². The van der Waals surface area contributed by atoms with E-state index in [1.54, 1.807) is 11.8 Å². The first-order valence-corrected chi connectivity index (χ1v) is 10.1. The van der Waals surface area contributed by atoms with Gasteiger partial charge in [0.2, 0.25) is 5.91 Å². The minimum atomic E-state index is -4.38. The van der Waals surface area contributed by atoms with E-state index in [2.05, 4.69) is 5.16 Å². The number of anilines is 1. The number of hydrogen-bond acceptors (Lipinski definition) is 4. The molecule has 0 aliphatic carbocycles. The molecule has 0 N–H and O–H groups in total. The number of hydrogen-bond donors (Lipinski definition) is 0. The maximum absolute atomic E-state index is 12.8. The lowest BCUT2D eigenvalue weighted by molar-refractivity contribution is -0.137. The predicted octanol–water partition coefficient (Wildman–Crippen LogP) is 4.70. The van der Waals surface area contributed by atoms with Gasteiger partial charge in [0.05, 0.1) is 17.8 Å². The normalized spacial score (nSPS) is 15.9. The number of benzene rings is 2. The van der Waals surface area contributed by atoms with Gasteiger partial charge in [-0.05, 0) is 35.4 Å². The molecule has 166 valence electrons. The number of carbonyl (C=O) groups excluding carboxylic acids is 1. The highest BCUT2D eigenvalue weighted by atomic mass is 19.4. The van der Waals surface area contributed by atoms with Gasteiger partial charge in [-0.1, -0.05) is 36.3 Å². The van der Waals surface area contributed by atoms with Crippen molar-refractivity contribution in [3.05, 3.63) is 65.2 Å². The molecule has 0 aromatic heterocycles. The smallest absolute Gasteiger partial charge is 0.390 e. The molecule has 5 nitrogen and oxygen atoms in total. The molecular formula is C23H26F3N3O2. The fourth-order valence-corrected chi connectivity index (χ4v) is 3.39. The summed E-state index contributed by atoms with van der Waals surface area (Å²) in [5.41, 5.74) is 2.78. The fourth-order valence-electron chi connectivity index (χ4n) is 3.39. The van der Waals surface area contributed by atoms with Crippen molar-refractivity contribution in [2.24, 2.45) is 5.16 Å². The molecule has 0 radical (unpaired) electrons. The van der Waals surface area contributed by atoms with Gasteiger partial charge in [-0.15, -0.1) is 0 Å². The Bertz CT molecular complexity index is 923. The number of halogens is 3. The van der Waals surface area contributed by atoms with Crippen molar-refractivity contribution < 1.29 is 22.8 Å². The molecule has 31 heavy (non-hydrogen) atoms. The van der Waals surface area contributed by atoms with Gasteiger partial charge in [0.1, 0.15) is 0 Å². The van der Waals surface area contributed by atoms with Crippen molar-refractivity contribution in [2.45, 2.75) is 38.6 Å². The van der Waals surface area contributed by atoms with Crippen molar-refractivity contribution in [2.75, 3.05) is 25.5 Å². The van der Waals surface area contributed by atoms with E-state index in [4.69, 9.17) is 4.84 Å². The number of nitrogens with zero attached hydrogens (tertiary/aromatic N) is 3. The van der Waals surface area contributed by atoms with Crippen LogP contribution in [-0.4, -0.2) is 43.3 Å². The minimum Gasteiger partial charge on any atom is -0.390 e. The first kappa shape index (κ1) is 22.7. The lowest BCUT2D eigenvalue weighted by atomic mass is 10.0. The molecule has 0 saturated carbocycles. The first-order valence-electron chi connectivity index (χ1n) is 10.1. The third kappa shape index (κ3) is 5.77. The molecule has 0 spiro atoms. The molecule has 0 fully saturated rings. The second-order valence-electron chi connectivity index (χ2n) is 7.73. The Balaban J connectivity index is 1.63. The van der Waals surface area contributed by atoms with Crippen LogP contribution < -0.4 is 4.90 Å². The van der Waals surface area contributed by atoms with E-state index in [9.17, 15) is 18.0 Å². The molecule has 3 rings (SSSR count). The van der Waals surface area contributed by atoms with Crippen molar-refractivity contribution in [3.8, 4) is 0 Å². The third-order valence-electron chi connectivity index (χ3n) is 5.18. The molecule has 0 saturated heterocycles. The highest BCUT2D eigenvalue weighted by molar-refractivity contribution is 6.01. The molecule has 1 heterocycles. The van der Waals surface area contributed by atoms with E-state index >= 15 is 0 Å². The maximum atomic E-state index is 12.8. The quantitative estimate of drug-likeness (QED) is 0.636. The summed E-state index contributed by atoms with van der Waals surface area (Å²) in [6.07, 6.45) is -3.82. The van der Waals surface area contributed by atoms with Crippen LogP contribution in [0.4, 0.5) is 18.9 Å². The Morgan fingerprint density at radius 2 is 1.74 bits per heavy atom. The standard InChI is InChI=1S/C23H26F3N3O2/c1-4-22(30)29(14-16-5-9-18(10-6-16)23(24,25)26)15-20-13-21(27-31-20)17-7-11-19(12-8-17)28(2)3/h5-12,20H,4,13-15H2,1-3H3/t20-/m1/s1. The van der Waals surface area contributed by atoms with E-state index in [-0.39, 0.29) is 18.6 Å². The topological polar surface area (TPSA) is 45.1 Å². The minimum absolute atomic E-state index is 0.0905. The zero-order chi connectivity index (χ0) is 22.6. The number of oxime groups is 1. The monoisotopic (exact) mass is 433 g/mol. The summed E-state index contributed by atoms with van der Waals surface area (Å²) in [4.78, 5) is 21.6. The lowest BCUT2D eigenvalue weighted by Gasteiger charge is -2.24. The molecule has 2 aromatic carbocycles. The number of amides is 1. The second kappa shape index (κ2) is 9.41. The zero-order valence-electron chi connectivity index (χ0n) is 17.8. The molecule has 2 aromatic rings. The summed E-state index contributed by atoms with van der Waals surface area (Å²) in [5.74, 6) is -0.0905. The van der Waals surface area contributed by atoms with Crippen molar-refractivity contribution in [1.82, 2.24) is 4.90 Å². The van der Waals surface area contributed by atoms with Gasteiger partial charge in [0.15, 0.2) is 6.10 Å². The van der Waals surface area contributed by atoms with Gasteiger partial charge >= 0.3 is 6.18 Å². The van der Waals surface area contributed by atoms with Gasteiger partial charge in [-0.3, -0.25) is 4.79 Å². The predicted molar refractivity (Wildman–Crippen MR) is 114 cm³/mol. The zero-order valence-corrected chi connectivity index (χ0v) is 17.8. The molecule has 1 aliphatic heterocycles.